The SMILES string of the molecule is COc1ccc(-c2cc(-c3cc(NC(=O)NN)ccc3N(CCCl)CCCl)c3ccccc3n2)cc1OC. The second kappa shape index (κ2) is 12.7. The van der Waals surface area contributed by atoms with Crippen LogP contribution in [0.5, 0.6) is 11.5 Å². The third-order valence-electron chi connectivity index (χ3n) is 6.12. The van der Waals surface area contributed by atoms with Gasteiger partial charge in [0.25, 0.3) is 0 Å². The van der Waals surface area contributed by atoms with Crippen molar-refractivity contribution in [3.8, 4) is 33.9 Å². The number of rotatable bonds is 10. The minimum Gasteiger partial charge on any atom is -0.493 e. The number of nitrogens with one attached hydrogen (secondary N) is 2. The number of amides is 2. The number of urea groups is 1. The highest BCUT2D eigenvalue weighted by atomic mass is 35.5. The number of nitrogens with zero attached hydrogens (tertiary/aromatic N) is 2. The number of alkyl halides is 2. The van der Waals surface area contributed by atoms with E-state index in [0.717, 1.165) is 39.0 Å². The van der Waals surface area contributed by atoms with Gasteiger partial charge in [-0.15, -0.1) is 23.2 Å². The molecule has 4 aromatic rings. The molecule has 0 aliphatic heterocycles. The van der Waals surface area contributed by atoms with Gasteiger partial charge in [-0.25, -0.2) is 15.6 Å². The molecule has 3 aromatic carbocycles. The van der Waals surface area contributed by atoms with Crippen molar-refractivity contribution in [2.24, 2.45) is 5.84 Å². The Morgan fingerprint density at radius 1 is 0.921 bits per heavy atom. The number of aromatic nitrogens is 1. The van der Waals surface area contributed by atoms with Gasteiger partial charge in [0.2, 0.25) is 0 Å². The Morgan fingerprint density at radius 2 is 1.66 bits per heavy atom. The van der Waals surface area contributed by atoms with E-state index < -0.39 is 6.03 Å². The van der Waals surface area contributed by atoms with Crippen LogP contribution in [-0.2, 0) is 0 Å². The molecule has 0 unspecified atom stereocenters. The number of para-hydroxylation sites is 1. The first-order valence-corrected chi connectivity index (χ1v) is 13.0. The van der Waals surface area contributed by atoms with Crippen LogP contribution in [0.1, 0.15) is 0 Å². The molecule has 8 nitrogen and oxygen atoms in total. The van der Waals surface area contributed by atoms with Crippen LogP contribution in [0.4, 0.5) is 16.2 Å². The van der Waals surface area contributed by atoms with Crippen LogP contribution in [0.25, 0.3) is 33.3 Å². The van der Waals surface area contributed by atoms with Crippen molar-refractivity contribution in [3.63, 3.8) is 0 Å². The van der Waals surface area contributed by atoms with E-state index in [-0.39, 0.29) is 0 Å². The summed E-state index contributed by atoms with van der Waals surface area (Å²) >= 11 is 12.3. The molecule has 0 saturated carbocycles. The predicted octanol–water partition coefficient (Wildman–Crippen LogP) is 5.87. The topological polar surface area (TPSA) is 102 Å². The number of hydrazine groups is 1. The highest BCUT2D eigenvalue weighted by Crippen LogP contribution is 2.40. The standard InChI is InChI=1S/C28H29Cl2N5O3/c1-37-26-10-7-18(15-27(26)38-2)24-17-21(20-5-3-4-6-23(20)33-24)22-16-19(32-28(36)34-31)8-9-25(22)35(13-11-29)14-12-30/h3-10,15-17H,11-14,31H2,1-2H3,(H2,32,34,36). The number of benzene rings is 3. The maximum atomic E-state index is 12.0. The lowest BCUT2D eigenvalue weighted by Crippen LogP contribution is -2.34. The number of carbonyl (C=O) groups is 1. The summed E-state index contributed by atoms with van der Waals surface area (Å²) in [6.07, 6.45) is 0. The highest BCUT2D eigenvalue weighted by Gasteiger charge is 2.18. The largest absolute Gasteiger partial charge is 0.493 e. The average Bonchev–Trinajstić information content (AvgIpc) is 2.96. The van der Waals surface area contributed by atoms with Crippen molar-refractivity contribution in [1.82, 2.24) is 10.4 Å². The van der Waals surface area contributed by atoms with E-state index in [9.17, 15) is 4.79 Å². The molecule has 198 valence electrons. The van der Waals surface area contributed by atoms with E-state index in [1.54, 1.807) is 14.2 Å². The van der Waals surface area contributed by atoms with Gasteiger partial charge in [0.1, 0.15) is 0 Å². The van der Waals surface area contributed by atoms with Gasteiger partial charge in [-0.05, 0) is 54.1 Å². The fourth-order valence-corrected chi connectivity index (χ4v) is 4.78. The molecule has 10 heteroatoms. The number of halogens is 2. The van der Waals surface area contributed by atoms with Gasteiger partial charge in [-0.1, -0.05) is 18.2 Å². The Balaban J connectivity index is 1.98. The molecule has 0 saturated heterocycles. The summed E-state index contributed by atoms with van der Waals surface area (Å²) in [4.78, 5) is 19.1. The van der Waals surface area contributed by atoms with Gasteiger partial charge in [-0.2, -0.15) is 0 Å². The Kier molecular flexibility index (Phi) is 9.12. The number of hydrogen-bond donors (Lipinski definition) is 3. The third-order valence-corrected chi connectivity index (χ3v) is 6.46. The zero-order valence-corrected chi connectivity index (χ0v) is 22.6. The number of anilines is 2. The van der Waals surface area contributed by atoms with Gasteiger partial charge in [0.05, 0.1) is 25.4 Å². The van der Waals surface area contributed by atoms with Crippen LogP contribution in [-0.4, -0.2) is 50.1 Å². The highest BCUT2D eigenvalue weighted by molar-refractivity contribution is 6.18. The summed E-state index contributed by atoms with van der Waals surface area (Å²) in [5, 5.41) is 3.72. The van der Waals surface area contributed by atoms with E-state index in [4.69, 9.17) is 43.5 Å². The summed E-state index contributed by atoms with van der Waals surface area (Å²) in [5.74, 6) is 7.40. The Labute approximate surface area is 231 Å². The van der Waals surface area contributed by atoms with Crippen LogP contribution < -0.4 is 31.0 Å². The van der Waals surface area contributed by atoms with Crippen molar-refractivity contribution in [2.75, 3.05) is 49.3 Å². The first-order chi connectivity index (χ1) is 18.5. The Bertz CT molecular complexity index is 1430. The Hall–Kier alpha value is -3.72. The first kappa shape index (κ1) is 27.3. The van der Waals surface area contributed by atoms with Crippen LogP contribution in [0, 0.1) is 0 Å². The minimum absolute atomic E-state index is 0.430. The molecule has 38 heavy (non-hydrogen) atoms. The van der Waals surface area contributed by atoms with Crippen LogP contribution in [0.2, 0.25) is 0 Å². The number of methoxy groups -OCH3 is 2. The van der Waals surface area contributed by atoms with E-state index in [1.807, 2.05) is 66.7 Å². The number of fused-ring (bicyclic) bond motifs is 1. The number of ether oxygens (including phenoxy) is 2. The molecule has 0 aliphatic carbocycles. The smallest absolute Gasteiger partial charge is 0.333 e. The van der Waals surface area contributed by atoms with E-state index >= 15 is 0 Å². The minimum atomic E-state index is -0.521. The van der Waals surface area contributed by atoms with Crippen molar-refractivity contribution < 1.29 is 14.3 Å². The van der Waals surface area contributed by atoms with Crippen LogP contribution >= 0.6 is 23.2 Å². The van der Waals surface area contributed by atoms with E-state index in [1.165, 1.54) is 0 Å². The maximum absolute atomic E-state index is 12.0. The lowest BCUT2D eigenvalue weighted by molar-refractivity contribution is 0.252. The van der Waals surface area contributed by atoms with Gasteiger partial charge in [0, 0.05) is 52.7 Å². The van der Waals surface area contributed by atoms with Crippen molar-refractivity contribution >= 4 is 51.5 Å². The fourth-order valence-electron chi connectivity index (χ4n) is 4.37. The summed E-state index contributed by atoms with van der Waals surface area (Å²) in [6, 6.07) is 20.8. The fraction of sp³-hybridized carbons (Fsp3) is 0.214. The molecule has 0 aliphatic rings. The molecular weight excluding hydrogens is 525 g/mol. The molecule has 0 bridgehead atoms. The molecule has 0 fully saturated rings. The first-order valence-electron chi connectivity index (χ1n) is 11.9. The van der Waals surface area contributed by atoms with E-state index in [2.05, 4.69) is 15.6 Å². The molecule has 1 heterocycles. The molecule has 2 amide bonds. The molecule has 4 N–H and O–H groups in total. The molecule has 1 aromatic heterocycles. The van der Waals surface area contributed by atoms with Crippen LogP contribution in [0.3, 0.4) is 0 Å². The zero-order valence-electron chi connectivity index (χ0n) is 21.1. The summed E-state index contributed by atoms with van der Waals surface area (Å²) in [5.41, 5.74) is 7.87. The molecule has 0 spiro atoms. The molecular formula is C28H29Cl2N5O3. The predicted molar refractivity (Wildman–Crippen MR) is 156 cm³/mol. The number of nitrogens with two attached hydrogens (primary N) is 1. The van der Waals surface area contributed by atoms with Crippen molar-refractivity contribution in [3.05, 3.63) is 66.7 Å². The summed E-state index contributed by atoms with van der Waals surface area (Å²) in [7, 11) is 3.20. The second-order valence-electron chi connectivity index (χ2n) is 8.34. The zero-order chi connectivity index (χ0) is 27.1. The third kappa shape index (κ3) is 5.88. The maximum Gasteiger partial charge on any atom is 0.333 e. The quantitative estimate of drug-likeness (QED) is 0.0982. The van der Waals surface area contributed by atoms with Crippen LogP contribution in [0.15, 0.2) is 66.7 Å². The second-order valence-corrected chi connectivity index (χ2v) is 9.09. The number of pyridine rings is 1. The lowest BCUT2D eigenvalue weighted by atomic mass is 9.95. The van der Waals surface area contributed by atoms with Gasteiger partial charge >= 0.3 is 6.03 Å². The van der Waals surface area contributed by atoms with Gasteiger partial charge in [0.15, 0.2) is 11.5 Å². The monoisotopic (exact) mass is 553 g/mol. The Morgan fingerprint density at radius 3 is 2.34 bits per heavy atom. The number of hydrogen-bond acceptors (Lipinski definition) is 6. The lowest BCUT2D eigenvalue weighted by Gasteiger charge is -2.27. The normalized spacial score (nSPS) is 10.8. The average molecular weight is 554 g/mol. The summed E-state index contributed by atoms with van der Waals surface area (Å²) in [6.45, 7) is 1.20. The van der Waals surface area contributed by atoms with Crippen molar-refractivity contribution in [2.45, 2.75) is 0 Å². The van der Waals surface area contributed by atoms with Gasteiger partial charge in [-0.3, -0.25) is 5.43 Å². The summed E-state index contributed by atoms with van der Waals surface area (Å²) < 4.78 is 10.9. The van der Waals surface area contributed by atoms with Gasteiger partial charge < -0.3 is 19.7 Å². The molecule has 0 radical (unpaired) electrons. The molecule has 0 atom stereocenters. The number of carbonyl (C=O) groups excluding carboxylic acids is 1. The molecule has 4 rings (SSSR count). The van der Waals surface area contributed by atoms with E-state index in [0.29, 0.717) is 42.0 Å². The van der Waals surface area contributed by atoms with Crippen molar-refractivity contribution in [1.29, 1.82) is 0 Å².